The van der Waals surface area contributed by atoms with E-state index in [1.165, 1.54) is 6.92 Å². The summed E-state index contributed by atoms with van der Waals surface area (Å²) >= 11 is 3.08. The standard InChI is InChI=1S/C8H8BrNO2/c1-5(11)2-6-3-7(9)8(12)10-4-6/h3-4H,2H2,1H3,(H,10,12). The first-order valence-electron chi connectivity index (χ1n) is 3.46. The molecule has 0 unspecified atom stereocenters. The summed E-state index contributed by atoms with van der Waals surface area (Å²) in [5.41, 5.74) is 0.635. The molecule has 1 aromatic heterocycles. The third-order valence-corrected chi connectivity index (χ3v) is 1.96. The van der Waals surface area contributed by atoms with Crippen LogP contribution in [0.4, 0.5) is 0 Å². The molecular formula is C8H8BrNO2. The zero-order chi connectivity index (χ0) is 9.14. The molecule has 1 rings (SSSR count). The molecule has 1 N–H and O–H groups in total. The van der Waals surface area contributed by atoms with Gasteiger partial charge in [-0.15, -0.1) is 0 Å². The summed E-state index contributed by atoms with van der Waals surface area (Å²) in [6.45, 7) is 1.51. The highest BCUT2D eigenvalue weighted by Crippen LogP contribution is 2.05. The highest BCUT2D eigenvalue weighted by atomic mass is 79.9. The Hall–Kier alpha value is -0.900. The Labute approximate surface area is 77.9 Å². The predicted molar refractivity (Wildman–Crippen MR) is 49.1 cm³/mol. The van der Waals surface area contributed by atoms with Gasteiger partial charge in [0.05, 0.1) is 4.47 Å². The molecule has 0 saturated heterocycles. The highest BCUT2D eigenvalue weighted by molar-refractivity contribution is 9.10. The first-order valence-corrected chi connectivity index (χ1v) is 4.25. The van der Waals surface area contributed by atoms with Crippen molar-refractivity contribution in [1.82, 2.24) is 4.98 Å². The highest BCUT2D eigenvalue weighted by Gasteiger charge is 2.00. The number of carbonyl (C=O) groups is 1. The van der Waals surface area contributed by atoms with Crippen LogP contribution >= 0.6 is 15.9 Å². The van der Waals surface area contributed by atoms with Gasteiger partial charge < -0.3 is 4.98 Å². The van der Waals surface area contributed by atoms with E-state index in [0.717, 1.165) is 5.56 Å². The van der Waals surface area contributed by atoms with Gasteiger partial charge in [-0.2, -0.15) is 0 Å². The van der Waals surface area contributed by atoms with Crippen LogP contribution in [0, 0.1) is 0 Å². The summed E-state index contributed by atoms with van der Waals surface area (Å²) in [7, 11) is 0. The van der Waals surface area contributed by atoms with Crippen molar-refractivity contribution in [2.45, 2.75) is 13.3 Å². The van der Waals surface area contributed by atoms with Crippen molar-refractivity contribution in [2.24, 2.45) is 0 Å². The molecule has 1 aromatic rings. The van der Waals surface area contributed by atoms with Gasteiger partial charge in [-0.3, -0.25) is 9.59 Å². The van der Waals surface area contributed by atoms with Gasteiger partial charge in [0, 0.05) is 12.6 Å². The number of carbonyl (C=O) groups excluding carboxylic acids is 1. The lowest BCUT2D eigenvalue weighted by Gasteiger charge is -1.96. The molecule has 0 spiro atoms. The normalized spacial score (nSPS) is 9.83. The van der Waals surface area contributed by atoms with Crippen LogP contribution in [0.15, 0.2) is 21.5 Å². The molecule has 0 saturated carbocycles. The van der Waals surface area contributed by atoms with Gasteiger partial charge in [-0.1, -0.05) is 0 Å². The van der Waals surface area contributed by atoms with Crippen molar-refractivity contribution in [3.63, 3.8) is 0 Å². The fraction of sp³-hybridized carbons (Fsp3) is 0.250. The number of nitrogens with one attached hydrogen (secondary N) is 1. The number of hydrogen-bond donors (Lipinski definition) is 1. The Morgan fingerprint density at radius 3 is 2.83 bits per heavy atom. The number of aromatic nitrogens is 1. The van der Waals surface area contributed by atoms with Crippen LogP contribution in [0.5, 0.6) is 0 Å². The molecule has 0 aliphatic rings. The average molecular weight is 230 g/mol. The number of hydrogen-bond acceptors (Lipinski definition) is 2. The second-order valence-electron chi connectivity index (χ2n) is 2.56. The second kappa shape index (κ2) is 3.67. The first-order chi connectivity index (χ1) is 5.59. The molecule has 0 aliphatic heterocycles. The molecule has 4 heteroatoms. The van der Waals surface area contributed by atoms with Gasteiger partial charge in [0.15, 0.2) is 0 Å². The van der Waals surface area contributed by atoms with Crippen molar-refractivity contribution in [3.8, 4) is 0 Å². The Morgan fingerprint density at radius 2 is 2.33 bits per heavy atom. The maximum absolute atomic E-state index is 10.9. The number of Topliss-reactive ketones (excluding diaryl/α,β-unsaturated/α-hetero) is 1. The van der Waals surface area contributed by atoms with Crippen LogP contribution in [0.25, 0.3) is 0 Å². The maximum Gasteiger partial charge on any atom is 0.262 e. The van der Waals surface area contributed by atoms with Crippen molar-refractivity contribution in [1.29, 1.82) is 0 Å². The summed E-state index contributed by atoms with van der Waals surface area (Å²) in [5, 5.41) is 0. The molecule has 0 amide bonds. The third-order valence-electron chi connectivity index (χ3n) is 1.37. The van der Waals surface area contributed by atoms with Crippen molar-refractivity contribution < 1.29 is 4.79 Å². The fourth-order valence-corrected chi connectivity index (χ4v) is 1.30. The van der Waals surface area contributed by atoms with E-state index in [0.29, 0.717) is 10.9 Å². The summed E-state index contributed by atoms with van der Waals surface area (Å²) in [4.78, 5) is 24.1. The van der Waals surface area contributed by atoms with Gasteiger partial charge in [0.2, 0.25) is 0 Å². The SMILES string of the molecule is CC(=O)Cc1c[nH]c(=O)c(Br)c1. The van der Waals surface area contributed by atoms with E-state index in [2.05, 4.69) is 20.9 Å². The summed E-state index contributed by atoms with van der Waals surface area (Å²) in [5.74, 6) is 0.0777. The molecule has 3 nitrogen and oxygen atoms in total. The van der Waals surface area contributed by atoms with E-state index in [1.807, 2.05) is 0 Å². The minimum atomic E-state index is -0.178. The molecule has 0 atom stereocenters. The van der Waals surface area contributed by atoms with E-state index in [4.69, 9.17) is 0 Å². The fourth-order valence-electron chi connectivity index (χ4n) is 0.887. The quantitative estimate of drug-likeness (QED) is 0.831. The van der Waals surface area contributed by atoms with Crippen LogP contribution in [0.3, 0.4) is 0 Å². The van der Waals surface area contributed by atoms with Gasteiger partial charge in [-0.05, 0) is 34.5 Å². The number of pyridine rings is 1. The zero-order valence-corrected chi connectivity index (χ0v) is 8.14. The molecular weight excluding hydrogens is 222 g/mol. The smallest absolute Gasteiger partial charge is 0.262 e. The van der Waals surface area contributed by atoms with Gasteiger partial charge in [0.25, 0.3) is 5.56 Å². The Bertz CT molecular complexity index is 356. The van der Waals surface area contributed by atoms with E-state index < -0.39 is 0 Å². The number of halogens is 1. The minimum absolute atomic E-state index is 0.0777. The Morgan fingerprint density at radius 1 is 1.67 bits per heavy atom. The van der Waals surface area contributed by atoms with Crippen molar-refractivity contribution in [3.05, 3.63) is 32.7 Å². The largest absolute Gasteiger partial charge is 0.328 e. The van der Waals surface area contributed by atoms with Crippen molar-refractivity contribution >= 4 is 21.7 Å². The first kappa shape index (κ1) is 9.19. The summed E-state index contributed by atoms with van der Waals surface area (Å²) in [6, 6.07) is 1.65. The number of rotatable bonds is 2. The number of H-pyrrole nitrogens is 1. The van der Waals surface area contributed by atoms with Crippen LogP contribution in [-0.4, -0.2) is 10.8 Å². The predicted octanol–water partition coefficient (Wildman–Crippen LogP) is 1.27. The maximum atomic E-state index is 10.9. The molecule has 0 radical (unpaired) electrons. The topological polar surface area (TPSA) is 49.9 Å². The molecule has 0 bridgehead atoms. The Kier molecular flexibility index (Phi) is 2.81. The number of aromatic amines is 1. The van der Waals surface area contributed by atoms with Crippen LogP contribution in [0.2, 0.25) is 0 Å². The molecule has 12 heavy (non-hydrogen) atoms. The van der Waals surface area contributed by atoms with E-state index >= 15 is 0 Å². The van der Waals surface area contributed by atoms with Crippen LogP contribution < -0.4 is 5.56 Å². The third kappa shape index (κ3) is 2.30. The zero-order valence-electron chi connectivity index (χ0n) is 6.56. The van der Waals surface area contributed by atoms with Gasteiger partial charge >= 0.3 is 0 Å². The van der Waals surface area contributed by atoms with Crippen LogP contribution in [-0.2, 0) is 11.2 Å². The molecule has 0 aromatic carbocycles. The lowest BCUT2D eigenvalue weighted by molar-refractivity contribution is -0.116. The van der Waals surface area contributed by atoms with E-state index in [9.17, 15) is 9.59 Å². The van der Waals surface area contributed by atoms with Crippen molar-refractivity contribution in [2.75, 3.05) is 0 Å². The summed E-state index contributed by atoms with van der Waals surface area (Å²) < 4.78 is 0.459. The monoisotopic (exact) mass is 229 g/mol. The second-order valence-corrected chi connectivity index (χ2v) is 3.42. The molecule has 64 valence electrons. The van der Waals surface area contributed by atoms with E-state index in [1.54, 1.807) is 12.3 Å². The molecule has 0 aliphatic carbocycles. The summed E-state index contributed by atoms with van der Waals surface area (Å²) in [6.07, 6.45) is 1.91. The number of ketones is 1. The van der Waals surface area contributed by atoms with Gasteiger partial charge in [-0.25, -0.2) is 0 Å². The van der Waals surface area contributed by atoms with Crippen LogP contribution in [0.1, 0.15) is 12.5 Å². The molecule has 1 heterocycles. The molecule has 0 fully saturated rings. The minimum Gasteiger partial charge on any atom is -0.328 e. The van der Waals surface area contributed by atoms with Gasteiger partial charge in [0.1, 0.15) is 5.78 Å². The lowest BCUT2D eigenvalue weighted by Crippen LogP contribution is -2.07. The Balaban J connectivity index is 2.97. The lowest BCUT2D eigenvalue weighted by atomic mass is 10.2. The average Bonchev–Trinajstić information content (AvgIpc) is 1.96. The van der Waals surface area contributed by atoms with E-state index in [-0.39, 0.29) is 11.3 Å².